The summed E-state index contributed by atoms with van der Waals surface area (Å²) in [5.41, 5.74) is -0.575. The van der Waals surface area contributed by atoms with Crippen molar-refractivity contribution >= 4 is 10.1 Å². The molecular weight excluding hydrogens is 357 g/mol. The Kier molecular flexibility index (Phi) is 4.25. The van der Waals surface area contributed by atoms with Crippen LogP contribution in [-0.2, 0) is 16.3 Å². The van der Waals surface area contributed by atoms with Gasteiger partial charge >= 0.3 is 16.3 Å². The van der Waals surface area contributed by atoms with Crippen LogP contribution in [0.2, 0.25) is 0 Å². The number of alkyl halides is 3. The fourth-order valence-electron chi connectivity index (χ4n) is 2.10. The van der Waals surface area contributed by atoms with Gasteiger partial charge in [-0.25, -0.2) is 4.68 Å². The molecule has 0 N–H and O–H groups in total. The summed E-state index contributed by atoms with van der Waals surface area (Å²) in [6, 6.07) is 12.8. The first-order valence-corrected chi connectivity index (χ1v) is 8.39. The Bertz CT molecular complexity index is 983. The van der Waals surface area contributed by atoms with Crippen molar-refractivity contribution in [2.75, 3.05) is 0 Å². The van der Waals surface area contributed by atoms with E-state index >= 15 is 0 Å². The minimum atomic E-state index is -4.74. The van der Waals surface area contributed by atoms with Crippen LogP contribution in [0.5, 0.6) is 5.75 Å². The fraction of sp³-hybridized carbons (Fsp3) is 0.0625. The van der Waals surface area contributed by atoms with Gasteiger partial charge in [0.15, 0.2) is 5.75 Å². The molecule has 0 unspecified atom stereocenters. The van der Waals surface area contributed by atoms with Gasteiger partial charge in [0.25, 0.3) is 0 Å². The molecule has 1 aromatic heterocycles. The number of hydrogen-bond donors (Lipinski definition) is 0. The number of aromatic nitrogens is 2. The zero-order valence-electron chi connectivity index (χ0n) is 12.5. The lowest BCUT2D eigenvalue weighted by Gasteiger charge is -2.12. The maximum atomic E-state index is 13.0. The van der Waals surface area contributed by atoms with E-state index in [2.05, 4.69) is 5.10 Å². The van der Waals surface area contributed by atoms with Crippen LogP contribution in [0.4, 0.5) is 13.2 Å². The number of benzene rings is 2. The second kappa shape index (κ2) is 6.25. The maximum absolute atomic E-state index is 13.0. The quantitative estimate of drug-likeness (QED) is 0.660. The minimum Gasteiger partial charge on any atom is -0.378 e. The molecule has 0 bridgehead atoms. The summed E-state index contributed by atoms with van der Waals surface area (Å²) in [6.07, 6.45) is -2.56. The Morgan fingerprint density at radius 2 is 1.60 bits per heavy atom. The van der Waals surface area contributed by atoms with Crippen LogP contribution in [0.25, 0.3) is 5.69 Å². The molecule has 2 aromatic carbocycles. The van der Waals surface area contributed by atoms with E-state index in [9.17, 15) is 21.6 Å². The van der Waals surface area contributed by atoms with Crippen molar-refractivity contribution in [1.29, 1.82) is 0 Å². The lowest BCUT2D eigenvalue weighted by molar-refractivity contribution is -0.138. The highest BCUT2D eigenvalue weighted by Crippen LogP contribution is 2.37. The van der Waals surface area contributed by atoms with Gasteiger partial charge in [0, 0.05) is 0 Å². The monoisotopic (exact) mass is 368 g/mol. The summed E-state index contributed by atoms with van der Waals surface area (Å²) in [5.74, 6) is -0.789. The van der Waals surface area contributed by atoms with E-state index in [1.54, 1.807) is 30.3 Å². The molecule has 9 heteroatoms. The number of nitrogens with zero attached hydrogens (tertiary/aromatic N) is 2. The fourth-order valence-corrected chi connectivity index (χ4v) is 2.98. The third-order valence-electron chi connectivity index (χ3n) is 3.26. The van der Waals surface area contributed by atoms with Gasteiger partial charge in [0.1, 0.15) is 4.90 Å². The molecule has 0 saturated heterocycles. The third kappa shape index (κ3) is 3.66. The van der Waals surface area contributed by atoms with Gasteiger partial charge in [-0.1, -0.05) is 30.3 Å². The highest BCUT2D eigenvalue weighted by molar-refractivity contribution is 7.87. The summed E-state index contributed by atoms with van der Waals surface area (Å²) < 4.78 is 69.4. The van der Waals surface area contributed by atoms with E-state index in [1.807, 2.05) is 0 Å². The summed E-state index contributed by atoms with van der Waals surface area (Å²) in [4.78, 5) is -0.353. The Morgan fingerprint density at radius 3 is 2.28 bits per heavy atom. The van der Waals surface area contributed by atoms with Crippen molar-refractivity contribution < 1.29 is 25.8 Å². The molecule has 3 rings (SSSR count). The Hall–Kier alpha value is -2.81. The van der Waals surface area contributed by atoms with E-state index in [-0.39, 0.29) is 4.90 Å². The van der Waals surface area contributed by atoms with Gasteiger partial charge in [0.2, 0.25) is 0 Å². The Morgan fingerprint density at radius 1 is 0.960 bits per heavy atom. The van der Waals surface area contributed by atoms with Crippen LogP contribution >= 0.6 is 0 Å². The van der Waals surface area contributed by atoms with Crippen molar-refractivity contribution in [3.8, 4) is 11.4 Å². The van der Waals surface area contributed by atoms with Gasteiger partial charge in [0.05, 0.1) is 23.6 Å². The highest BCUT2D eigenvalue weighted by Gasteiger charge is 2.35. The van der Waals surface area contributed by atoms with E-state index < -0.39 is 27.6 Å². The molecule has 0 aliphatic carbocycles. The average Bonchev–Trinajstić information content (AvgIpc) is 3.06. The Balaban J connectivity index is 1.93. The molecule has 0 radical (unpaired) electrons. The number of rotatable bonds is 4. The predicted octanol–water partition coefficient (Wildman–Crippen LogP) is 3.66. The molecule has 0 fully saturated rings. The first kappa shape index (κ1) is 17.0. The minimum absolute atomic E-state index is 0.353. The largest absolute Gasteiger partial charge is 0.420 e. The summed E-state index contributed by atoms with van der Waals surface area (Å²) in [6.45, 7) is 0. The maximum Gasteiger partial charge on any atom is 0.420 e. The van der Waals surface area contributed by atoms with Crippen LogP contribution in [0.3, 0.4) is 0 Å². The SMILES string of the molecule is O=S(=O)(Oc1ccccc1C(F)(F)F)c1cnn(-c2ccccc2)c1. The van der Waals surface area contributed by atoms with Crippen molar-refractivity contribution in [3.05, 3.63) is 72.6 Å². The van der Waals surface area contributed by atoms with Crippen LogP contribution in [0.15, 0.2) is 71.9 Å². The van der Waals surface area contributed by atoms with E-state index in [4.69, 9.17) is 4.18 Å². The van der Waals surface area contributed by atoms with Crippen LogP contribution in [-0.4, -0.2) is 18.2 Å². The molecule has 1 heterocycles. The molecule has 0 saturated carbocycles. The standard InChI is InChI=1S/C16H11F3N2O3S/c17-16(18,19)14-8-4-5-9-15(14)24-25(22,23)13-10-20-21(11-13)12-6-2-1-3-7-12/h1-11H. The van der Waals surface area contributed by atoms with E-state index in [0.717, 1.165) is 24.4 Å². The van der Waals surface area contributed by atoms with E-state index in [0.29, 0.717) is 5.69 Å². The Labute approximate surface area is 141 Å². The molecule has 0 amide bonds. The third-order valence-corrected chi connectivity index (χ3v) is 4.45. The molecular formula is C16H11F3N2O3S. The van der Waals surface area contributed by atoms with Gasteiger partial charge in [-0.3, -0.25) is 0 Å². The average molecular weight is 368 g/mol. The molecule has 5 nitrogen and oxygen atoms in total. The topological polar surface area (TPSA) is 61.2 Å². The normalized spacial score (nSPS) is 12.1. The van der Waals surface area contributed by atoms with Crippen molar-refractivity contribution in [2.24, 2.45) is 0 Å². The van der Waals surface area contributed by atoms with Crippen LogP contribution in [0.1, 0.15) is 5.56 Å². The zero-order chi connectivity index (χ0) is 18.1. The first-order chi connectivity index (χ1) is 11.8. The summed E-state index contributed by atoms with van der Waals surface area (Å²) >= 11 is 0. The summed E-state index contributed by atoms with van der Waals surface area (Å²) in [5, 5.41) is 3.90. The molecule has 3 aromatic rings. The first-order valence-electron chi connectivity index (χ1n) is 6.98. The molecule has 0 spiro atoms. The number of halogens is 3. The number of para-hydroxylation sites is 2. The van der Waals surface area contributed by atoms with Gasteiger partial charge < -0.3 is 4.18 Å². The smallest absolute Gasteiger partial charge is 0.378 e. The van der Waals surface area contributed by atoms with Crippen molar-refractivity contribution in [1.82, 2.24) is 9.78 Å². The lowest BCUT2D eigenvalue weighted by Crippen LogP contribution is -2.14. The number of hydrogen-bond acceptors (Lipinski definition) is 4. The molecule has 0 atom stereocenters. The second-order valence-corrected chi connectivity index (χ2v) is 6.53. The van der Waals surface area contributed by atoms with Gasteiger partial charge in [-0.2, -0.15) is 26.7 Å². The van der Waals surface area contributed by atoms with Crippen LogP contribution in [0, 0.1) is 0 Å². The van der Waals surface area contributed by atoms with Gasteiger partial charge in [-0.05, 0) is 24.3 Å². The zero-order valence-corrected chi connectivity index (χ0v) is 13.3. The second-order valence-electron chi connectivity index (χ2n) is 4.99. The van der Waals surface area contributed by atoms with Crippen molar-refractivity contribution in [2.45, 2.75) is 11.1 Å². The highest BCUT2D eigenvalue weighted by atomic mass is 32.2. The summed E-state index contributed by atoms with van der Waals surface area (Å²) in [7, 11) is -4.47. The van der Waals surface area contributed by atoms with Gasteiger partial charge in [-0.15, -0.1) is 0 Å². The van der Waals surface area contributed by atoms with E-state index in [1.165, 1.54) is 16.9 Å². The molecule has 130 valence electrons. The lowest BCUT2D eigenvalue weighted by atomic mass is 10.2. The predicted molar refractivity (Wildman–Crippen MR) is 82.8 cm³/mol. The molecule has 25 heavy (non-hydrogen) atoms. The van der Waals surface area contributed by atoms with Crippen LogP contribution < -0.4 is 4.18 Å². The molecule has 0 aliphatic heterocycles. The van der Waals surface area contributed by atoms with Crippen molar-refractivity contribution in [3.63, 3.8) is 0 Å². The molecule has 0 aliphatic rings.